The molecule has 1 aromatic rings. The molecule has 2 nitrogen and oxygen atoms in total. The number of anilines is 1. The van der Waals surface area contributed by atoms with Gasteiger partial charge in [0.1, 0.15) is 0 Å². The Morgan fingerprint density at radius 2 is 1.95 bits per heavy atom. The highest BCUT2D eigenvalue weighted by Crippen LogP contribution is 2.38. The molecule has 1 aliphatic heterocycles. The van der Waals surface area contributed by atoms with Crippen molar-refractivity contribution in [1.82, 2.24) is 0 Å². The average Bonchev–Trinajstić information content (AvgIpc) is 2.83. The molecule has 1 fully saturated rings. The van der Waals surface area contributed by atoms with E-state index in [4.69, 9.17) is 0 Å². The minimum atomic E-state index is -0.629. The molecule has 1 aliphatic carbocycles. The molecule has 0 bridgehead atoms. The van der Waals surface area contributed by atoms with Gasteiger partial charge in [-0.05, 0) is 44.2 Å². The summed E-state index contributed by atoms with van der Waals surface area (Å²) in [5.41, 5.74) is 3.63. The van der Waals surface area contributed by atoms with Gasteiger partial charge in [0.15, 0.2) is 0 Å². The quantitative estimate of drug-likeness (QED) is 0.908. The number of benzene rings is 1. The summed E-state index contributed by atoms with van der Waals surface area (Å²) in [4.78, 5) is 2.65. The van der Waals surface area contributed by atoms with Crippen molar-refractivity contribution >= 4 is 5.69 Å². The van der Waals surface area contributed by atoms with Gasteiger partial charge in [0, 0.05) is 24.7 Å². The van der Waals surface area contributed by atoms with Crippen LogP contribution in [0.25, 0.3) is 0 Å². The van der Waals surface area contributed by atoms with Gasteiger partial charge in [0.05, 0.1) is 5.60 Å². The summed E-state index contributed by atoms with van der Waals surface area (Å²) < 4.78 is 0. The van der Waals surface area contributed by atoms with Crippen LogP contribution in [-0.4, -0.2) is 23.3 Å². The molecule has 1 aromatic carbocycles. The van der Waals surface area contributed by atoms with Crippen molar-refractivity contribution in [3.63, 3.8) is 0 Å². The summed E-state index contributed by atoms with van der Waals surface area (Å²) in [5.74, 6) is 0. The molecule has 1 saturated carbocycles. The van der Waals surface area contributed by atoms with Gasteiger partial charge in [0.2, 0.25) is 0 Å². The molecule has 2 aliphatic rings. The van der Waals surface area contributed by atoms with E-state index in [0.717, 1.165) is 12.5 Å². The summed E-state index contributed by atoms with van der Waals surface area (Å²) in [6.45, 7) is 4.99. The first kappa shape index (κ1) is 13.9. The van der Waals surface area contributed by atoms with Gasteiger partial charge in [-0.2, -0.15) is 0 Å². The van der Waals surface area contributed by atoms with Crippen molar-refractivity contribution in [1.29, 1.82) is 0 Å². The van der Waals surface area contributed by atoms with E-state index in [2.05, 4.69) is 23.1 Å². The summed E-state index contributed by atoms with van der Waals surface area (Å²) in [6, 6.07) is 7.36. The predicted octanol–water partition coefficient (Wildman–Crippen LogP) is 3.70. The van der Waals surface area contributed by atoms with Crippen molar-refractivity contribution in [2.45, 2.75) is 70.4 Å². The molecule has 3 rings (SSSR count). The maximum Gasteiger partial charge on any atom is 0.0632 e. The van der Waals surface area contributed by atoms with Crippen LogP contribution in [0.15, 0.2) is 18.2 Å². The normalized spacial score (nSPS) is 20.2. The standard InChI is InChI=1S/C18H27NO/c1-18(2,20)13-15-8-6-7-14-11-12-19(17(14)15)16-9-4-3-5-10-16/h6-8,16,20H,3-5,9-13H2,1-2H3. The average molecular weight is 273 g/mol. The van der Waals surface area contributed by atoms with Crippen LogP contribution >= 0.6 is 0 Å². The Balaban J connectivity index is 1.90. The van der Waals surface area contributed by atoms with E-state index in [9.17, 15) is 5.11 Å². The molecular weight excluding hydrogens is 246 g/mol. The van der Waals surface area contributed by atoms with Crippen LogP contribution in [0.1, 0.15) is 57.1 Å². The largest absolute Gasteiger partial charge is 0.390 e. The van der Waals surface area contributed by atoms with Crippen LogP contribution < -0.4 is 4.90 Å². The molecule has 1 heterocycles. The first-order valence-electron chi connectivity index (χ1n) is 8.14. The van der Waals surface area contributed by atoms with Gasteiger partial charge in [-0.1, -0.05) is 37.5 Å². The van der Waals surface area contributed by atoms with E-state index in [-0.39, 0.29) is 0 Å². The van der Waals surface area contributed by atoms with E-state index in [1.165, 1.54) is 61.9 Å². The molecule has 0 radical (unpaired) electrons. The molecule has 0 unspecified atom stereocenters. The number of para-hydroxylation sites is 1. The fourth-order valence-corrected chi connectivity index (χ4v) is 3.93. The number of fused-ring (bicyclic) bond motifs is 1. The van der Waals surface area contributed by atoms with Gasteiger partial charge >= 0.3 is 0 Å². The second-order valence-electron chi connectivity index (χ2n) is 7.15. The zero-order chi connectivity index (χ0) is 14.2. The lowest BCUT2D eigenvalue weighted by Crippen LogP contribution is -2.36. The first-order valence-corrected chi connectivity index (χ1v) is 8.14. The minimum absolute atomic E-state index is 0.629. The van der Waals surface area contributed by atoms with Gasteiger partial charge in [-0.15, -0.1) is 0 Å². The van der Waals surface area contributed by atoms with Crippen LogP contribution in [0.3, 0.4) is 0 Å². The Bertz CT molecular complexity index is 469. The molecule has 0 saturated heterocycles. The third-order valence-corrected chi connectivity index (χ3v) is 4.75. The Hall–Kier alpha value is -1.02. The van der Waals surface area contributed by atoms with E-state index >= 15 is 0 Å². The molecule has 0 aromatic heterocycles. The third kappa shape index (κ3) is 2.85. The zero-order valence-electron chi connectivity index (χ0n) is 12.9. The van der Waals surface area contributed by atoms with E-state index in [1.807, 2.05) is 13.8 Å². The Labute approximate surface area is 122 Å². The first-order chi connectivity index (χ1) is 9.54. The highest BCUT2D eigenvalue weighted by Gasteiger charge is 2.30. The van der Waals surface area contributed by atoms with Crippen LogP contribution in [0.5, 0.6) is 0 Å². The lowest BCUT2D eigenvalue weighted by molar-refractivity contribution is 0.0811. The zero-order valence-corrected chi connectivity index (χ0v) is 12.9. The Morgan fingerprint density at radius 1 is 1.20 bits per heavy atom. The van der Waals surface area contributed by atoms with Gasteiger partial charge in [-0.25, -0.2) is 0 Å². The van der Waals surface area contributed by atoms with Crippen molar-refractivity contribution < 1.29 is 5.11 Å². The van der Waals surface area contributed by atoms with E-state index < -0.39 is 5.60 Å². The van der Waals surface area contributed by atoms with Crippen LogP contribution in [-0.2, 0) is 12.8 Å². The monoisotopic (exact) mass is 273 g/mol. The molecule has 0 spiro atoms. The third-order valence-electron chi connectivity index (χ3n) is 4.75. The van der Waals surface area contributed by atoms with Crippen molar-refractivity contribution in [3.05, 3.63) is 29.3 Å². The lowest BCUT2D eigenvalue weighted by Gasteiger charge is -2.35. The van der Waals surface area contributed by atoms with Gasteiger partial charge in [0.25, 0.3) is 0 Å². The van der Waals surface area contributed by atoms with E-state index in [0.29, 0.717) is 0 Å². The van der Waals surface area contributed by atoms with Crippen molar-refractivity contribution in [2.24, 2.45) is 0 Å². The number of rotatable bonds is 3. The molecule has 0 amide bonds. The highest BCUT2D eigenvalue weighted by molar-refractivity contribution is 5.64. The smallest absolute Gasteiger partial charge is 0.0632 e. The second-order valence-corrected chi connectivity index (χ2v) is 7.15. The topological polar surface area (TPSA) is 23.5 Å². The molecule has 110 valence electrons. The number of hydrogen-bond donors (Lipinski definition) is 1. The van der Waals surface area contributed by atoms with Crippen LogP contribution in [0.4, 0.5) is 5.69 Å². The SMILES string of the molecule is CC(C)(O)Cc1cccc2c1N(C1CCCCC1)CC2. The molecule has 1 N–H and O–H groups in total. The van der Waals surface area contributed by atoms with Crippen molar-refractivity contribution in [2.75, 3.05) is 11.4 Å². The fraction of sp³-hybridized carbons (Fsp3) is 0.667. The Morgan fingerprint density at radius 3 is 2.65 bits per heavy atom. The predicted molar refractivity (Wildman–Crippen MR) is 84.4 cm³/mol. The molecule has 2 heteroatoms. The van der Waals surface area contributed by atoms with Gasteiger partial charge < -0.3 is 10.0 Å². The fourth-order valence-electron chi connectivity index (χ4n) is 3.93. The van der Waals surface area contributed by atoms with E-state index in [1.54, 1.807) is 0 Å². The van der Waals surface area contributed by atoms with Crippen molar-refractivity contribution in [3.8, 4) is 0 Å². The van der Waals surface area contributed by atoms with Gasteiger partial charge in [-0.3, -0.25) is 0 Å². The number of nitrogens with zero attached hydrogens (tertiary/aromatic N) is 1. The van der Waals surface area contributed by atoms with Crippen LogP contribution in [0.2, 0.25) is 0 Å². The molecule has 20 heavy (non-hydrogen) atoms. The highest BCUT2D eigenvalue weighted by atomic mass is 16.3. The maximum atomic E-state index is 10.2. The summed E-state index contributed by atoms with van der Waals surface area (Å²) >= 11 is 0. The summed E-state index contributed by atoms with van der Waals surface area (Å²) in [6.07, 6.45) is 8.77. The number of aliphatic hydroxyl groups is 1. The number of hydrogen-bond acceptors (Lipinski definition) is 2. The lowest BCUT2D eigenvalue weighted by atomic mass is 9.92. The maximum absolute atomic E-state index is 10.2. The summed E-state index contributed by atoms with van der Waals surface area (Å²) in [7, 11) is 0. The Kier molecular flexibility index (Phi) is 3.76. The molecule has 0 atom stereocenters. The van der Waals surface area contributed by atoms with Crippen LogP contribution in [0, 0.1) is 0 Å². The molecular formula is C18H27NO. The summed E-state index contributed by atoms with van der Waals surface area (Å²) in [5, 5.41) is 10.2. The minimum Gasteiger partial charge on any atom is -0.390 e. The second kappa shape index (κ2) is 5.40.